The minimum atomic E-state index is -4.68. The van der Waals surface area contributed by atoms with Gasteiger partial charge < -0.3 is 25.4 Å². The molecular weight excluding hydrogens is 540 g/mol. The monoisotopic (exact) mass is 566 g/mol. The van der Waals surface area contributed by atoms with Crippen LogP contribution in [0.3, 0.4) is 0 Å². The topological polar surface area (TPSA) is 104 Å². The fourth-order valence-electron chi connectivity index (χ4n) is 3.87. The van der Waals surface area contributed by atoms with Crippen LogP contribution in [0, 0.1) is 5.82 Å². The smallest absolute Gasteiger partial charge is 0.416 e. The van der Waals surface area contributed by atoms with Crippen molar-refractivity contribution in [2.24, 2.45) is 0 Å². The van der Waals surface area contributed by atoms with Crippen LogP contribution in [0.25, 0.3) is 10.4 Å². The number of hydrogen-bond donors (Lipinski definition) is 3. The number of β-amino-alcohol motifs (C(OH)–C–C–N with tert-alkyl or cyclic N) is 1. The van der Waals surface area contributed by atoms with Crippen LogP contribution in [0.5, 0.6) is 0 Å². The molecule has 8 nitrogen and oxygen atoms in total. The molecule has 0 aliphatic carbocycles. The van der Waals surface area contributed by atoms with E-state index in [9.17, 15) is 32.3 Å². The second kappa shape index (κ2) is 10.5. The van der Waals surface area contributed by atoms with E-state index in [4.69, 9.17) is 4.74 Å². The summed E-state index contributed by atoms with van der Waals surface area (Å²) in [6.07, 6.45) is -3.28. The Kier molecular flexibility index (Phi) is 7.59. The van der Waals surface area contributed by atoms with E-state index >= 15 is 0 Å². The highest BCUT2D eigenvalue weighted by molar-refractivity contribution is 7.15. The summed E-state index contributed by atoms with van der Waals surface area (Å²) in [4.78, 5) is 31.1. The number of urea groups is 1. The molecule has 1 fully saturated rings. The largest absolute Gasteiger partial charge is 0.444 e. The molecule has 1 aliphatic heterocycles. The van der Waals surface area contributed by atoms with Crippen LogP contribution in [-0.2, 0) is 16.5 Å². The normalized spacial score (nSPS) is 17.7. The lowest BCUT2D eigenvalue weighted by Crippen LogP contribution is -2.38. The van der Waals surface area contributed by atoms with Crippen LogP contribution in [0.4, 0.5) is 38.5 Å². The zero-order valence-electron chi connectivity index (χ0n) is 21.2. The van der Waals surface area contributed by atoms with E-state index in [-0.39, 0.29) is 6.54 Å². The fourth-order valence-corrected chi connectivity index (χ4v) is 4.90. The molecule has 3 amide bonds. The van der Waals surface area contributed by atoms with Gasteiger partial charge in [-0.1, -0.05) is 12.1 Å². The number of rotatable bonds is 4. The van der Waals surface area contributed by atoms with Gasteiger partial charge in [0, 0.05) is 24.8 Å². The van der Waals surface area contributed by atoms with E-state index in [2.05, 4.69) is 15.6 Å². The Hall–Kier alpha value is -3.71. The molecule has 0 spiro atoms. The summed E-state index contributed by atoms with van der Waals surface area (Å²) in [5.41, 5.74) is -2.60. The molecule has 4 rings (SSSR count). The highest BCUT2D eigenvalue weighted by atomic mass is 32.1. The van der Waals surface area contributed by atoms with Gasteiger partial charge in [-0.25, -0.2) is 19.0 Å². The van der Waals surface area contributed by atoms with Gasteiger partial charge in [0.15, 0.2) is 0 Å². The van der Waals surface area contributed by atoms with E-state index in [1.54, 1.807) is 51.2 Å². The zero-order chi connectivity index (χ0) is 28.6. The van der Waals surface area contributed by atoms with Crippen molar-refractivity contribution in [2.75, 3.05) is 23.7 Å². The van der Waals surface area contributed by atoms with Crippen molar-refractivity contribution < 1.29 is 37.0 Å². The van der Waals surface area contributed by atoms with Gasteiger partial charge in [-0.2, -0.15) is 13.2 Å². The van der Waals surface area contributed by atoms with Crippen molar-refractivity contribution in [2.45, 2.75) is 44.6 Å². The molecule has 2 aromatic carbocycles. The predicted octanol–water partition coefficient (Wildman–Crippen LogP) is 6.44. The number of thiazole rings is 1. The third-order valence-electron chi connectivity index (χ3n) is 5.77. The summed E-state index contributed by atoms with van der Waals surface area (Å²) < 4.78 is 57.9. The summed E-state index contributed by atoms with van der Waals surface area (Å²) >= 11 is 1.26. The molecule has 1 aliphatic rings. The van der Waals surface area contributed by atoms with Crippen molar-refractivity contribution in [1.82, 2.24) is 9.88 Å². The number of likely N-dealkylation sites (tertiary alicyclic amines) is 1. The van der Waals surface area contributed by atoms with E-state index in [1.165, 1.54) is 16.2 Å². The number of benzene rings is 2. The van der Waals surface area contributed by atoms with Gasteiger partial charge in [-0.05, 0) is 56.7 Å². The molecule has 1 saturated heterocycles. The van der Waals surface area contributed by atoms with Gasteiger partial charge >= 0.3 is 18.3 Å². The van der Waals surface area contributed by atoms with Crippen LogP contribution in [0.2, 0.25) is 0 Å². The minimum Gasteiger partial charge on any atom is -0.444 e. The highest BCUT2D eigenvalue weighted by Crippen LogP contribution is 2.38. The number of nitrogens with one attached hydrogen (secondary N) is 2. The van der Waals surface area contributed by atoms with Crippen molar-refractivity contribution in [1.29, 1.82) is 0 Å². The first-order valence-electron chi connectivity index (χ1n) is 11.8. The molecule has 1 aromatic heterocycles. The third kappa shape index (κ3) is 6.84. The summed E-state index contributed by atoms with van der Waals surface area (Å²) in [7, 11) is 0. The predicted molar refractivity (Wildman–Crippen MR) is 138 cm³/mol. The lowest BCUT2D eigenvalue weighted by atomic mass is 10.1. The Labute approximate surface area is 225 Å². The first-order chi connectivity index (χ1) is 18.1. The number of aromatic nitrogens is 1. The number of halogens is 4. The average Bonchev–Trinajstić information content (AvgIpc) is 3.48. The molecule has 2 heterocycles. The van der Waals surface area contributed by atoms with Crippen LogP contribution < -0.4 is 10.6 Å². The molecule has 1 unspecified atom stereocenters. The van der Waals surface area contributed by atoms with E-state index in [1.807, 2.05) is 0 Å². The van der Waals surface area contributed by atoms with Crippen molar-refractivity contribution in [3.05, 3.63) is 65.0 Å². The number of ether oxygens (including phenoxy) is 1. The van der Waals surface area contributed by atoms with Crippen molar-refractivity contribution in [3.63, 3.8) is 0 Å². The van der Waals surface area contributed by atoms with E-state index in [0.29, 0.717) is 41.9 Å². The fraction of sp³-hybridized carbons (Fsp3) is 0.346. The second-order valence-electron chi connectivity index (χ2n) is 10.1. The zero-order valence-corrected chi connectivity index (χ0v) is 22.0. The summed E-state index contributed by atoms with van der Waals surface area (Å²) in [5, 5.41) is 16.1. The quantitative estimate of drug-likeness (QED) is 0.316. The number of hydrogen-bond acceptors (Lipinski definition) is 6. The Bertz CT molecular complexity index is 1370. The van der Waals surface area contributed by atoms with Crippen LogP contribution >= 0.6 is 11.3 Å². The van der Waals surface area contributed by atoms with Gasteiger partial charge in [0.05, 0.1) is 22.7 Å². The number of carbonyl (C=O) groups is 2. The Morgan fingerprint density at radius 2 is 1.79 bits per heavy atom. The number of amides is 3. The van der Waals surface area contributed by atoms with E-state index < -0.39 is 46.6 Å². The average molecular weight is 567 g/mol. The first-order valence-corrected chi connectivity index (χ1v) is 12.7. The highest BCUT2D eigenvalue weighted by Gasteiger charge is 2.43. The van der Waals surface area contributed by atoms with Crippen LogP contribution in [0.15, 0.2) is 48.7 Å². The molecular formula is C26H26F4N4O4S. The number of alkyl halides is 3. The molecule has 13 heteroatoms. The maximum Gasteiger partial charge on any atom is 0.416 e. The molecule has 3 aromatic rings. The summed E-state index contributed by atoms with van der Waals surface area (Å²) in [6.45, 7) is 5.68. The summed E-state index contributed by atoms with van der Waals surface area (Å²) in [5.74, 6) is -1.01. The molecule has 1 atom stereocenters. The van der Waals surface area contributed by atoms with Gasteiger partial charge in [0.25, 0.3) is 0 Å². The SMILES string of the molecule is CC(C)(C)OC(=O)N1CCC(O)(c2ncc(-c3ccc(NC(=O)Nc4cc(C(F)(F)F)ccc4F)cc3)s2)C1. The third-order valence-corrected chi connectivity index (χ3v) is 7.01. The lowest BCUT2D eigenvalue weighted by molar-refractivity contribution is -0.137. The van der Waals surface area contributed by atoms with Crippen molar-refractivity contribution >= 4 is 34.8 Å². The molecule has 0 saturated carbocycles. The van der Waals surface area contributed by atoms with Gasteiger partial charge in [-0.3, -0.25) is 0 Å². The number of nitrogens with zero attached hydrogens (tertiary/aromatic N) is 2. The van der Waals surface area contributed by atoms with Gasteiger partial charge in [0.2, 0.25) is 0 Å². The number of anilines is 2. The van der Waals surface area contributed by atoms with Gasteiger partial charge in [0.1, 0.15) is 22.0 Å². The molecule has 3 N–H and O–H groups in total. The Morgan fingerprint density at radius 1 is 1.10 bits per heavy atom. The lowest BCUT2D eigenvalue weighted by Gasteiger charge is -2.25. The number of carbonyl (C=O) groups excluding carboxylic acids is 2. The minimum absolute atomic E-state index is 0.0549. The first kappa shape index (κ1) is 28.3. The van der Waals surface area contributed by atoms with Crippen LogP contribution in [0.1, 0.15) is 37.8 Å². The van der Waals surface area contributed by atoms with Gasteiger partial charge in [-0.15, -0.1) is 11.3 Å². The Balaban J connectivity index is 1.39. The second-order valence-corrected chi connectivity index (χ2v) is 11.1. The molecule has 39 heavy (non-hydrogen) atoms. The standard InChI is InChI=1S/C26H26F4N4O4S/c1-24(2,3)38-23(36)34-11-10-25(37,14-34)21-31-13-20(39-21)15-4-7-17(8-5-15)32-22(35)33-19-12-16(26(28,29)30)6-9-18(19)27/h4-9,12-13,37H,10-11,14H2,1-3H3,(H2,32,33,35). The van der Waals surface area contributed by atoms with Crippen molar-refractivity contribution in [3.8, 4) is 10.4 Å². The maximum atomic E-state index is 13.9. The summed E-state index contributed by atoms with van der Waals surface area (Å²) in [6, 6.07) is 7.31. The number of aliphatic hydroxyl groups is 1. The molecule has 0 bridgehead atoms. The van der Waals surface area contributed by atoms with Crippen LogP contribution in [-0.4, -0.2) is 45.8 Å². The molecule has 208 valence electrons. The maximum absolute atomic E-state index is 13.9. The van der Waals surface area contributed by atoms with E-state index in [0.717, 1.165) is 10.4 Å². The molecule has 0 radical (unpaired) electrons. The Morgan fingerprint density at radius 3 is 2.44 bits per heavy atom.